The van der Waals surface area contributed by atoms with Crippen LogP contribution in [0.15, 0.2) is 6.07 Å². The topological polar surface area (TPSA) is 148 Å². The molecule has 2 aromatic heterocycles. The molecule has 2 aromatic rings. The van der Waals surface area contributed by atoms with Crippen molar-refractivity contribution in [1.29, 1.82) is 0 Å². The molecular formula is C16H21ClN6O5. The number of amides is 1. The maximum absolute atomic E-state index is 11.7. The van der Waals surface area contributed by atoms with Gasteiger partial charge in [-0.15, -0.1) is 0 Å². The fourth-order valence-corrected chi connectivity index (χ4v) is 3.39. The average Bonchev–Trinajstić information content (AvgIpc) is 3.27. The number of nitrogens with one attached hydrogen (secondary N) is 2. The van der Waals surface area contributed by atoms with Crippen LogP contribution in [0.2, 0.25) is 5.02 Å². The van der Waals surface area contributed by atoms with Crippen LogP contribution in [0.1, 0.15) is 0 Å². The van der Waals surface area contributed by atoms with Crippen molar-refractivity contribution in [1.82, 2.24) is 19.9 Å². The van der Waals surface area contributed by atoms with Crippen LogP contribution in [0.5, 0.6) is 6.01 Å². The van der Waals surface area contributed by atoms with Crippen LogP contribution in [0.25, 0.3) is 11.2 Å². The van der Waals surface area contributed by atoms with Crippen molar-refractivity contribution in [2.45, 2.75) is 24.0 Å². The number of pyridine rings is 1. The van der Waals surface area contributed by atoms with E-state index in [4.69, 9.17) is 31.5 Å². The first-order valence-corrected chi connectivity index (χ1v) is 9.05. The molecule has 0 saturated carbocycles. The summed E-state index contributed by atoms with van der Waals surface area (Å²) in [7, 11) is 3.32. The molecule has 12 heteroatoms. The summed E-state index contributed by atoms with van der Waals surface area (Å²) < 4.78 is 16.8. The molecule has 28 heavy (non-hydrogen) atoms. The molecule has 1 amide bonds. The van der Waals surface area contributed by atoms with E-state index in [0.717, 1.165) is 0 Å². The summed E-state index contributed by atoms with van der Waals surface area (Å²) in [5, 5.41) is 13.2. The Kier molecular flexibility index (Phi) is 4.79. The molecule has 2 aliphatic rings. The van der Waals surface area contributed by atoms with Crippen molar-refractivity contribution in [3.8, 4) is 6.01 Å². The van der Waals surface area contributed by atoms with Crippen LogP contribution in [0.4, 0.5) is 5.82 Å². The molecule has 0 aliphatic carbocycles. The number of aromatic amines is 1. The molecule has 5 N–H and O–H groups in total. The predicted molar refractivity (Wildman–Crippen MR) is 99.1 cm³/mol. The smallest absolute Gasteiger partial charge is 0.296 e. The molecule has 2 aliphatic heterocycles. The molecule has 0 radical (unpaired) electrons. The summed E-state index contributed by atoms with van der Waals surface area (Å²) in [4.78, 5) is 24.8. The lowest BCUT2D eigenvalue weighted by Gasteiger charge is -2.24. The first-order valence-electron chi connectivity index (χ1n) is 8.67. The van der Waals surface area contributed by atoms with Crippen molar-refractivity contribution in [3.63, 3.8) is 0 Å². The number of H-pyrrole nitrogens is 1. The van der Waals surface area contributed by atoms with Crippen LogP contribution < -0.4 is 15.8 Å². The van der Waals surface area contributed by atoms with E-state index in [2.05, 4.69) is 20.3 Å². The second kappa shape index (κ2) is 7.01. The molecule has 2 saturated heterocycles. The number of hydrogen-bond acceptors (Lipinski definition) is 9. The van der Waals surface area contributed by atoms with Crippen LogP contribution in [-0.4, -0.2) is 88.8 Å². The number of carbonyl (C=O) groups is 1. The molecule has 0 aromatic carbocycles. The minimum Gasteiger partial charge on any atom is -0.456 e. The Bertz CT molecular complexity index is 907. The van der Waals surface area contributed by atoms with Crippen molar-refractivity contribution < 1.29 is 24.1 Å². The SMILES string of the molecule is CN(C)C(=O)CNc1nc2nc(O[C@@H]3CO[C@]4(N)[C@H](O)CO[C@H]34)[nH]c2cc1Cl. The maximum atomic E-state index is 11.7. The van der Waals surface area contributed by atoms with Gasteiger partial charge in [0.2, 0.25) is 5.91 Å². The van der Waals surface area contributed by atoms with E-state index in [0.29, 0.717) is 22.0 Å². The molecule has 4 heterocycles. The minimum atomic E-state index is -1.28. The Hall–Kier alpha value is -2.18. The second-order valence-electron chi connectivity index (χ2n) is 6.96. The zero-order valence-corrected chi connectivity index (χ0v) is 16.1. The van der Waals surface area contributed by atoms with Crippen LogP contribution >= 0.6 is 11.6 Å². The molecule has 0 spiro atoms. The predicted octanol–water partition coefficient (Wildman–Crippen LogP) is -0.696. The van der Waals surface area contributed by atoms with E-state index in [1.54, 1.807) is 20.2 Å². The van der Waals surface area contributed by atoms with Crippen LogP contribution in [0, 0.1) is 0 Å². The lowest BCUT2D eigenvalue weighted by Crippen LogP contribution is -2.55. The number of anilines is 1. The van der Waals surface area contributed by atoms with Crippen LogP contribution in [-0.2, 0) is 14.3 Å². The average molecular weight is 413 g/mol. The number of halogens is 1. The standard InChI is InChI=1S/C16H21ClN6O5/c1-23(2)11(25)4-19-13-7(17)3-8-14(21-13)22-15(20-8)28-9-5-27-16(18)10(24)6-26-12(9)16/h3,9-10,12,24H,4-6,18H2,1-2H3,(H2,19,20,21,22)/t9-,10-,12-,16-/m1/s1. The van der Waals surface area contributed by atoms with Gasteiger partial charge >= 0.3 is 0 Å². The number of hydrogen-bond donors (Lipinski definition) is 4. The molecule has 2 fully saturated rings. The van der Waals surface area contributed by atoms with Gasteiger partial charge in [0, 0.05) is 14.1 Å². The van der Waals surface area contributed by atoms with E-state index in [1.165, 1.54) is 4.90 Å². The summed E-state index contributed by atoms with van der Waals surface area (Å²) in [5.41, 5.74) is 5.72. The molecule has 0 unspecified atom stereocenters. The fourth-order valence-electron chi connectivity index (χ4n) is 3.17. The van der Waals surface area contributed by atoms with Crippen molar-refractivity contribution in [2.75, 3.05) is 39.2 Å². The van der Waals surface area contributed by atoms with E-state index in [-0.39, 0.29) is 31.7 Å². The number of carbonyl (C=O) groups excluding carboxylic acids is 1. The first kappa shape index (κ1) is 19.2. The molecule has 152 valence electrons. The highest BCUT2D eigenvalue weighted by Crippen LogP contribution is 2.35. The monoisotopic (exact) mass is 412 g/mol. The van der Waals surface area contributed by atoms with Gasteiger partial charge in [0.25, 0.3) is 6.01 Å². The number of nitrogens with two attached hydrogens (primary N) is 1. The normalized spacial score (nSPS) is 29.1. The lowest BCUT2D eigenvalue weighted by atomic mass is 10.0. The number of aliphatic hydroxyl groups is 1. The highest BCUT2D eigenvalue weighted by Gasteiger charge is 2.58. The largest absolute Gasteiger partial charge is 0.456 e. The number of likely N-dealkylation sites (N-methyl/N-ethyl adjacent to an activating group) is 1. The molecule has 11 nitrogen and oxygen atoms in total. The Morgan fingerprint density at radius 1 is 1.54 bits per heavy atom. The number of fused-ring (bicyclic) bond motifs is 2. The van der Waals surface area contributed by atoms with Gasteiger partial charge in [-0.2, -0.15) is 4.98 Å². The van der Waals surface area contributed by atoms with Crippen LogP contribution in [0.3, 0.4) is 0 Å². The van der Waals surface area contributed by atoms with Gasteiger partial charge < -0.3 is 34.5 Å². The number of ether oxygens (including phenoxy) is 3. The third-order valence-corrected chi connectivity index (χ3v) is 5.10. The zero-order valence-electron chi connectivity index (χ0n) is 15.3. The van der Waals surface area contributed by atoms with Gasteiger partial charge in [-0.1, -0.05) is 11.6 Å². The summed E-state index contributed by atoms with van der Waals surface area (Å²) in [6.07, 6.45) is -2.06. The summed E-state index contributed by atoms with van der Waals surface area (Å²) in [6, 6.07) is 1.84. The van der Waals surface area contributed by atoms with E-state index in [9.17, 15) is 9.90 Å². The summed E-state index contributed by atoms with van der Waals surface area (Å²) in [5.74, 6) is 0.226. The van der Waals surface area contributed by atoms with Gasteiger partial charge in [-0.3, -0.25) is 10.5 Å². The summed E-state index contributed by atoms with van der Waals surface area (Å²) in [6.45, 7) is 0.292. The van der Waals surface area contributed by atoms with Gasteiger partial charge in [0.05, 0.1) is 30.3 Å². The third-order valence-electron chi connectivity index (χ3n) is 4.81. The zero-order chi connectivity index (χ0) is 20.1. The molecule has 4 atom stereocenters. The quantitative estimate of drug-likeness (QED) is 0.500. The summed E-state index contributed by atoms with van der Waals surface area (Å²) >= 11 is 6.23. The van der Waals surface area contributed by atoms with Crippen molar-refractivity contribution in [3.05, 3.63) is 11.1 Å². The Morgan fingerprint density at radius 2 is 2.32 bits per heavy atom. The number of imidazole rings is 1. The van der Waals surface area contributed by atoms with Gasteiger partial charge in [0.15, 0.2) is 17.5 Å². The van der Waals surface area contributed by atoms with Crippen molar-refractivity contribution >= 4 is 34.5 Å². The van der Waals surface area contributed by atoms with E-state index < -0.39 is 24.0 Å². The van der Waals surface area contributed by atoms with E-state index in [1.807, 2.05) is 0 Å². The molecule has 0 bridgehead atoms. The van der Waals surface area contributed by atoms with E-state index >= 15 is 0 Å². The highest BCUT2D eigenvalue weighted by atomic mass is 35.5. The lowest BCUT2D eigenvalue weighted by molar-refractivity contribution is -0.126. The second-order valence-corrected chi connectivity index (χ2v) is 7.37. The maximum Gasteiger partial charge on any atom is 0.296 e. The third kappa shape index (κ3) is 3.25. The Balaban J connectivity index is 1.50. The highest BCUT2D eigenvalue weighted by molar-refractivity contribution is 6.33. The number of rotatable bonds is 5. The van der Waals surface area contributed by atoms with Gasteiger partial charge in [-0.25, -0.2) is 4.98 Å². The molecule has 4 rings (SSSR count). The fraction of sp³-hybridized carbons (Fsp3) is 0.562. The van der Waals surface area contributed by atoms with Crippen molar-refractivity contribution in [2.24, 2.45) is 5.73 Å². The number of aromatic nitrogens is 3. The Labute approximate surface area is 165 Å². The number of aliphatic hydroxyl groups excluding tert-OH is 1. The Morgan fingerprint density at radius 3 is 3.07 bits per heavy atom. The minimum absolute atomic E-state index is 0.0539. The van der Waals surface area contributed by atoms with Gasteiger partial charge in [0.1, 0.15) is 18.0 Å². The molecular weight excluding hydrogens is 392 g/mol. The number of nitrogens with zero attached hydrogens (tertiary/aromatic N) is 3. The van der Waals surface area contributed by atoms with Gasteiger partial charge in [-0.05, 0) is 6.07 Å². The first-order chi connectivity index (χ1) is 13.3.